The van der Waals surface area contributed by atoms with E-state index in [0.29, 0.717) is 0 Å². The second kappa shape index (κ2) is 5.71. The lowest BCUT2D eigenvalue weighted by Gasteiger charge is -2.08. The molecule has 0 bridgehead atoms. The molecular weight excluding hydrogens is 292 g/mol. The topological polar surface area (TPSA) is 46.9 Å². The molecule has 1 N–H and O–H groups in total. The van der Waals surface area contributed by atoms with Gasteiger partial charge in [-0.25, -0.2) is 0 Å². The van der Waals surface area contributed by atoms with Crippen molar-refractivity contribution in [2.45, 2.75) is 32.2 Å². The molecule has 0 fully saturated rings. The lowest BCUT2D eigenvalue weighted by molar-refractivity contribution is -0.173. The summed E-state index contributed by atoms with van der Waals surface area (Å²) in [6.45, 7) is 1.07. The van der Waals surface area contributed by atoms with Crippen LogP contribution in [0.1, 0.15) is 17.8 Å². The first-order chi connectivity index (χ1) is 9.01. The molecule has 114 valence electrons. The van der Waals surface area contributed by atoms with Crippen molar-refractivity contribution in [2.24, 2.45) is 0 Å². The molecule has 1 aromatic rings. The molecule has 0 aliphatic heterocycles. The first-order valence-electron chi connectivity index (χ1n) is 5.48. The van der Waals surface area contributed by atoms with Gasteiger partial charge in [0.1, 0.15) is 0 Å². The van der Waals surface area contributed by atoms with Gasteiger partial charge < -0.3 is 5.32 Å². The van der Waals surface area contributed by atoms with Gasteiger partial charge in [0, 0.05) is 18.8 Å². The van der Waals surface area contributed by atoms with E-state index in [1.165, 1.54) is 6.92 Å². The summed E-state index contributed by atoms with van der Waals surface area (Å²) in [6, 6.07) is 0.842. The summed E-state index contributed by atoms with van der Waals surface area (Å²) < 4.78 is 73.6. The number of nitrogens with one attached hydrogen (secondary N) is 1. The van der Waals surface area contributed by atoms with E-state index in [2.05, 4.69) is 5.10 Å². The molecule has 0 saturated heterocycles. The molecule has 0 aromatic carbocycles. The summed E-state index contributed by atoms with van der Waals surface area (Å²) in [5, 5.41) is 4.93. The van der Waals surface area contributed by atoms with E-state index in [9.17, 15) is 31.1 Å². The Morgan fingerprint density at radius 1 is 1.30 bits per heavy atom. The largest absolute Gasteiger partial charge is 0.471 e. The third-order valence-corrected chi connectivity index (χ3v) is 2.36. The zero-order valence-corrected chi connectivity index (χ0v) is 10.3. The summed E-state index contributed by atoms with van der Waals surface area (Å²) in [5.41, 5.74) is -0.825. The van der Waals surface area contributed by atoms with E-state index in [0.717, 1.165) is 10.7 Å². The minimum absolute atomic E-state index is 0.0277. The molecule has 0 spiro atoms. The first-order valence-corrected chi connectivity index (χ1v) is 5.48. The molecule has 10 heteroatoms. The Kier molecular flexibility index (Phi) is 4.66. The Morgan fingerprint density at radius 3 is 2.35 bits per heavy atom. The molecule has 0 unspecified atom stereocenters. The highest BCUT2D eigenvalue weighted by Crippen LogP contribution is 2.28. The number of alkyl halides is 6. The predicted octanol–water partition coefficient (Wildman–Crippen LogP) is 2.28. The average Bonchev–Trinajstić information content (AvgIpc) is 2.64. The number of halogens is 6. The van der Waals surface area contributed by atoms with Crippen LogP contribution in [0, 0.1) is 6.92 Å². The smallest absolute Gasteiger partial charge is 0.348 e. The molecule has 0 radical (unpaired) electrons. The van der Waals surface area contributed by atoms with E-state index < -0.39 is 24.0 Å². The quantitative estimate of drug-likeness (QED) is 0.685. The maximum atomic E-state index is 12.3. The fourth-order valence-corrected chi connectivity index (χ4v) is 1.41. The fourth-order valence-electron chi connectivity index (χ4n) is 1.41. The van der Waals surface area contributed by atoms with Crippen LogP contribution in [-0.4, -0.2) is 28.4 Å². The van der Waals surface area contributed by atoms with E-state index in [1.807, 2.05) is 0 Å². The van der Waals surface area contributed by atoms with Crippen molar-refractivity contribution in [3.05, 3.63) is 17.5 Å². The first kappa shape index (κ1) is 16.3. The third kappa shape index (κ3) is 4.42. The number of aromatic nitrogens is 2. The van der Waals surface area contributed by atoms with Crippen molar-refractivity contribution in [2.75, 3.05) is 6.54 Å². The van der Waals surface area contributed by atoms with Crippen LogP contribution in [-0.2, 0) is 17.5 Å². The van der Waals surface area contributed by atoms with Crippen molar-refractivity contribution in [1.29, 1.82) is 0 Å². The maximum absolute atomic E-state index is 12.3. The van der Waals surface area contributed by atoms with Crippen LogP contribution in [0.5, 0.6) is 0 Å². The Morgan fingerprint density at radius 2 is 1.90 bits per heavy atom. The molecule has 0 aliphatic carbocycles. The average molecular weight is 303 g/mol. The van der Waals surface area contributed by atoms with Crippen LogP contribution < -0.4 is 5.32 Å². The molecule has 0 atom stereocenters. The number of carbonyl (C=O) groups is 1. The van der Waals surface area contributed by atoms with Crippen molar-refractivity contribution < 1.29 is 31.1 Å². The van der Waals surface area contributed by atoms with Crippen LogP contribution >= 0.6 is 0 Å². The molecule has 1 heterocycles. The normalized spacial score (nSPS) is 12.6. The number of amides is 1. The van der Waals surface area contributed by atoms with Crippen LogP contribution in [0.3, 0.4) is 0 Å². The van der Waals surface area contributed by atoms with Gasteiger partial charge in [0.25, 0.3) is 0 Å². The molecule has 0 aliphatic rings. The minimum Gasteiger partial charge on any atom is -0.348 e. The van der Waals surface area contributed by atoms with Crippen LogP contribution in [0.25, 0.3) is 0 Å². The predicted molar refractivity (Wildman–Crippen MR) is 55.6 cm³/mol. The van der Waals surface area contributed by atoms with Gasteiger partial charge in [-0.15, -0.1) is 0 Å². The molecule has 4 nitrogen and oxygen atoms in total. The Balaban J connectivity index is 2.48. The molecule has 1 rings (SSSR count). The van der Waals surface area contributed by atoms with Gasteiger partial charge >= 0.3 is 18.3 Å². The van der Waals surface area contributed by atoms with E-state index in [1.54, 1.807) is 5.32 Å². The zero-order valence-electron chi connectivity index (χ0n) is 10.3. The SMILES string of the molecule is Cc1cc(C(F)(F)F)nn1CCCNC(=O)C(F)(F)F. The number of rotatable bonds is 4. The van der Waals surface area contributed by atoms with Gasteiger partial charge in [-0.05, 0) is 19.4 Å². The molecular formula is C10H11F6N3O. The molecule has 0 saturated carbocycles. The Hall–Kier alpha value is -1.74. The highest BCUT2D eigenvalue weighted by atomic mass is 19.4. The standard InChI is InChI=1S/C10H11F6N3O/c1-6-5-7(9(11,12)13)18-19(6)4-2-3-17-8(20)10(14,15)16/h5H,2-4H2,1H3,(H,17,20). The third-order valence-electron chi connectivity index (χ3n) is 2.36. The second-order valence-corrected chi connectivity index (χ2v) is 4.00. The lowest BCUT2D eigenvalue weighted by atomic mass is 10.3. The van der Waals surface area contributed by atoms with Crippen LogP contribution in [0.15, 0.2) is 6.07 Å². The summed E-state index contributed by atoms with van der Waals surface area (Å²) in [4.78, 5) is 10.5. The number of aryl methyl sites for hydroxylation is 2. The van der Waals surface area contributed by atoms with Crippen molar-refractivity contribution in [3.8, 4) is 0 Å². The summed E-state index contributed by atoms with van der Waals surface area (Å²) >= 11 is 0. The van der Waals surface area contributed by atoms with Gasteiger partial charge in [0.05, 0.1) is 0 Å². The zero-order chi connectivity index (χ0) is 15.6. The van der Waals surface area contributed by atoms with Crippen molar-refractivity contribution in [1.82, 2.24) is 15.1 Å². The van der Waals surface area contributed by atoms with E-state index in [4.69, 9.17) is 0 Å². The molecule has 1 aromatic heterocycles. The monoisotopic (exact) mass is 303 g/mol. The fraction of sp³-hybridized carbons (Fsp3) is 0.600. The van der Waals surface area contributed by atoms with E-state index in [-0.39, 0.29) is 25.2 Å². The van der Waals surface area contributed by atoms with Gasteiger partial charge in [0.15, 0.2) is 5.69 Å². The Labute approximate surface area is 109 Å². The highest BCUT2D eigenvalue weighted by Gasteiger charge is 2.38. The van der Waals surface area contributed by atoms with Gasteiger partial charge in [0.2, 0.25) is 0 Å². The number of hydrogen-bond acceptors (Lipinski definition) is 2. The maximum Gasteiger partial charge on any atom is 0.471 e. The second-order valence-electron chi connectivity index (χ2n) is 4.00. The number of nitrogens with zero attached hydrogens (tertiary/aromatic N) is 2. The number of hydrogen-bond donors (Lipinski definition) is 1. The molecule has 20 heavy (non-hydrogen) atoms. The minimum atomic E-state index is -4.97. The Bertz CT molecular complexity index is 476. The molecule has 1 amide bonds. The van der Waals surface area contributed by atoms with Gasteiger partial charge in [-0.1, -0.05) is 0 Å². The number of carbonyl (C=O) groups excluding carboxylic acids is 1. The van der Waals surface area contributed by atoms with Crippen molar-refractivity contribution in [3.63, 3.8) is 0 Å². The summed E-state index contributed by atoms with van der Waals surface area (Å²) in [6.07, 6.45) is -9.51. The highest BCUT2D eigenvalue weighted by molar-refractivity contribution is 5.81. The van der Waals surface area contributed by atoms with E-state index >= 15 is 0 Å². The lowest BCUT2D eigenvalue weighted by Crippen LogP contribution is -2.37. The van der Waals surface area contributed by atoms with Crippen LogP contribution in [0.2, 0.25) is 0 Å². The summed E-state index contributed by atoms with van der Waals surface area (Å²) in [7, 11) is 0. The van der Waals surface area contributed by atoms with Gasteiger partial charge in [-0.2, -0.15) is 31.4 Å². The van der Waals surface area contributed by atoms with Gasteiger partial charge in [-0.3, -0.25) is 9.48 Å². The summed E-state index contributed by atoms with van der Waals surface area (Å²) in [5.74, 6) is -2.08. The van der Waals surface area contributed by atoms with Crippen molar-refractivity contribution >= 4 is 5.91 Å². The van der Waals surface area contributed by atoms with Crippen LogP contribution in [0.4, 0.5) is 26.3 Å².